The molecule has 240 valence electrons. The van der Waals surface area contributed by atoms with Gasteiger partial charge in [0.2, 0.25) is 5.91 Å². The molecule has 3 rings (SSSR count). The number of alkyl carbamates (subject to hydrolysis) is 1. The lowest BCUT2D eigenvalue weighted by Crippen LogP contribution is -2.71. The average Bonchev–Trinajstić information content (AvgIpc) is 3.47. The summed E-state index contributed by atoms with van der Waals surface area (Å²) in [5.41, 5.74) is -0.0999. The minimum absolute atomic E-state index is 0.0554. The van der Waals surface area contributed by atoms with Crippen molar-refractivity contribution in [2.45, 2.75) is 54.1 Å². The summed E-state index contributed by atoms with van der Waals surface area (Å²) in [4.78, 5) is 87.7. The van der Waals surface area contributed by atoms with Gasteiger partial charge in [-0.05, 0) is 24.3 Å². The van der Waals surface area contributed by atoms with E-state index in [1.807, 2.05) is 0 Å². The Morgan fingerprint density at radius 3 is 2.48 bits per heavy atom. The van der Waals surface area contributed by atoms with Crippen LogP contribution >= 0.6 is 57.9 Å². The van der Waals surface area contributed by atoms with E-state index in [2.05, 4.69) is 15.4 Å². The minimum atomic E-state index is -2.08. The average molecular weight is 715 g/mol. The molecule has 0 radical (unpaired) electrons. The summed E-state index contributed by atoms with van der Waals surface area (Å²) in [6.45, 7) is 0.860. The first-order valence-corrected chi connectivity index (χ1v) is 15.9. The number of ketones is 1. The molecule has 2 aliphatic heterocycles. The monoisotopic (exact) mass is 713 g/mol. The number of carbonyl (C=O) groups is 7. The van der Waals surface area contributed by atoms with Crippen LogP contribution in [0.1, 0.15) is 37.0 Å². The molecule has 1 saturated heterocycles. The number of carboxylic acid groups (broad SMARTS) is 2. The summed E-state index contributed by atoms with van der Waals surface area (Å²) in [7, 11) is 0. The van der Waals surface area contributed by atoms with Crippen LogP contribution in [0.15, 0.2) is 28.8 Å². The van der Waals surface area contributed by atoms with Crippen LogP contribution in [0.4, 0.5) is 4.79 Å². The Morgan fingerprint density at radius 1 is 1.20 bits per heavy atom. The summed E-state index contributed by atoms with van der Waals surface area (Å²) in [5, 5.41) is 24.7. The first kappa shape index (κ1) is 35.4. The van der Waals surface area contributed by atoms with E-state index in [1.165, 1.54) is 18.7 Å². The van der Waals surface area contributed by atoms with Crippen molar-refractivity contribution in [1.29, 1.82) is 0 Å². The number of thioether (sulfide) groups is 1. The molecule has 1 aromatic heterocycles. The number of rotatable bonds is 15. The Bertz CT molecular complexity index is 1360. The number of carboxylic acids is 2. The van der Waals surface area contributed by atoms with Crippen LogP contribution in [-0.2, 0) is 38.2 Å². The van der Waals surface area contributed by atoms with Crippen molar-refractivity contribution in [2.24, 2.45) is 0 Å². The van der Waals surface area contributed by atoms with Gasteiger partial charge < -0.3 is 30.3 Å². The lowest BCUT2D eigenvalue weighted by Gasteiger charge is -2.49. The highest BCUT2D eigenvalue weighted by Gasteiger charge is 2.54. The number of β-lactam (4-membered cyclic amide) rings is 1. The fourth-order valence-corrected chi connectivity index (χ4v) is 6.69. The zero-order valence-electron chi connectivity index (χ0n) is 22.8. The van der Waals surface area contributed by atoms with Gasteiger partial charge in [-0.1, -0.05) is 29.3 Å². The Kier molecular flexibility index (Phi) is 12.3. The highest BCUT2D eigenvalue weighted by Crippen LogP contribution is 2.41. The van der Waals surface area contributed by atoms with Crippen LogP contribution in [0.25, 0.3) is 0 Å². The van der Waals surface area contributed by atoms with Crippen molar-refractivity contribution in [1.82, 2.24) is 15.5 Å². The van der Waals surface area contributed by atoms with E-state index in [-0.39, 0.29) is 42.9 Å². The van der Waals surface area contributed by atoms with E-state index in [9.17, 15) is 43.8 Å². The number of amides is 3. The third-order valence-corrected chi connectivity index (χ3v) is 9.66. The molecule has 14 nitrogen and oxygen atoms in total. The number of nitrogens with zero attached hydrogens (tertiary/aromatic N) is 1. The largest absolute Gasteiger partial charge is 0.480 e. The van der Waals surface area contributed by atoms with Gasteiger partial charge in [0.1, 0.15) is 35.7 Å². The van der Waals surface area contributed by atoms with Crippen LogP contribution < -0.4 is 10.6 Å². The molecule has 3 heterocycles. The molecular formula is C25H26Cl3N3O11S2. The second kappa shape index (κ2) is 15.3. The van der Waals surface area contributed by atoms with E-state index in [0.29, 0.717) is 4.88 Å². The molecule has 4 N–H and O–H groups in total. The van der Waals surface area contributed by atoms with E-state index in [0.717, 1.165) is 16.2 Å². The minimum Gasteiger partial charge on any atom is -0.480 e. The maximum absolute atomic E-state index is 13.4. The summed E-state index contributed by atoms with van der Waals surface area (Å²) in [6.07, 6.45) is -1.78. The summed E-state index contributed by atoms with van der Waals surface area (Å²) < 4.78 is 7.46. The Balaban J connectivity index is 1.66. The quantitative estimate of drug-likeness (QED) is 0.0895. The second-order valence-electron chi connectivity index (χ2n) is 9.44. The smallest absolute Gasteiger partial charge is 0.410 e. The molecule has 0 bridgehead atoms. The molecule has 1 fully saturated rings. The van der Waals surface area contributed by atoms with Gasteiger partial charge in [-0.3, -0.25) is 24.1 Å². The number of ether oxygens (including phenoxy) is 2. The summed E-state index contributed by atoms with van der Waals surface area (Å²) in [6, 6.07) is 0.582. The van der Waals surface area contributed by atoms with Gasteiger partial charge >= 0.3 is 24.0 Å². The molecule has 44 heavy (non-hydrogen) atoms. The Labute approximate surface area is 273 Å². The first-order chi connectivity index (χ1) is 20.7. The van der Waals surface area contributed by atoms with Crippen molar-refractivity contribution in [3.8, 4) is 0 Å². The predicted molar refractivity (Wildman–Crippen MR) is 158 cm³/mol. The zero-order chi connectivity index (χ0) is 32.8. The molecule has 19 heteroatoms. The number of fused-ring (bicyclic) bond motifs is 1. The number of thiophene rings is 1. The fourth-order valence-electron chi connectivity index (χ4n) is 4.33. The van der Waals surface area contributed by atoms with Crippen LogP contribution in [0.3, 0.4) is 0 Å². The number of esters is 1. The molecule has 1 aromatic rings. The Morgan fingerprint density at radius 2 is 1.91 bits per heavy atom. The second-order valence-corrected chi connectivity index (χ2v) is 13.2. The highest BCUT2D eigenvalue weighted by molar-refractivity contribution is 8.00. The maximum Gasteiger partial charge on any atom is 0.410 e. The number of hydrogen-bond acceptors (Lipinski definition) is 11. The van der Waals surface area contributed by atoms with Crippen molar-refractivity contribution in [3.05, 3.63) is 33.7 Å². The van der Waals surface area contributed by atoms with Crippen LogP contribution in [-0.4, -0.2) is 96.9 Å². The topological polar surface area (TPSA) is 206 Å². The van der Waals surface area contributed by atoms with Gasteiger partial charge in [0.05, 0.1) is 5.88 Å². The number of carbonyl (C=O) groups excluding carboxylic acids is 5. The summed E-state index contributed by atoms with van der Waals surface area (Å²) >= 11 is 19.0. The number of hydrogen-bond donors (Lipinski definition) is 4. The van der Waals surface area contributed by atoms with Crippen molar-refractivity contribution < 1.29 is 53.2 Å². The highest BCUT2D eigenvalue weighted by atomic mass is 35.5. The summed E-state index contributed by atoms with van der Waals surface area (Å²) in [5.74, 6) is -7.21. The first-order valence-electron chi connectivity index (χ1n) is 12.7. The molecule has 3 unspecified atom stereocenters. The van der Waals surface area contributed by atoms with Crippen molar-refractivity contribution in [2.75, 3.05) is 18.2 Å². The standard InChI is InChI=1S/C25H26Cl3N3O11S2/c1-11(32)41-8-12-9-44-21-17(20(35)31(21)18(12)23(38)39)30-19(34)16(15-6-3-7-43-15)14(33)5-2-4-13(22(36)37)29-24(40)42-25(27,28)10-26/h3,6-7,13,16-17,21H,2,4-5,8-10H2,1H3,(H,29,40)(H,30,34)(H,36,37)(H,38,39)/t13?,16?,17?,21-/m1/s1. The number of nitrogens with one attached hydrogen (secondary N) is 2. The van der Waals surface area contributed by atoms with Crippen LogP contribution in [0, 0.1) is 0 Å². The third kappa shape index (κ3) is 8.78. The van der Waals surface area contributed by atoms with E-state index in [1.54, 1.807) is 17.5 Å². The molecule has 2 aliphatic rings. The lowest BCUT2D eigenvalue weighted by atomic mass is 9.94. The molecule has 0 aliphatic carbocycles. The molecule has 0 aromatic carbocycles. The fraction of sp³-hybridized carbons (Fsp3) is 0.480. The molecule has 3 amide bonds. The molecule has 4 atom stereocenters. The van der Waals surface area contributed by atoms with Gasteiger partial charge in [0, 0.05) is 29.5 Å². The van der Waals surface area contributed by atoms with Crippen molar-refractivity contribution >= 4 is 99.5 Å². The van der Waals surface area contributed by atoms with E-state index < -0.39 is 75.4 Å². The molecule has 0 saturated carbocycles. The van der Waals surface area contributed by atoms with Gasteiger partial charge in [-0.15, -0.1) is 34.7 Å². The van der Waals surface area contributed by atoms with E-state index in [4.69, 9.17) is 39.5 Å². The Hall–Kier alpha value is -3.05. The third-order valence-electron chi connectivity index (χ3n) is 6.31. The SMILES string of the molecule is CC(=O)OCC1=C(C(=O)O)N2C(=O)C(NC(=O)C(C(=O)CCCC(NC(=O)OC(Cl)(Cl)CCl)C(=O)O)c3cccs3)[C@H]2SC1. The van der Waals surface area contributed by atoms with Gasteiger partial charge in [-0.25, -0.2) is 14.4 Å². The number of aliphatic carboxylic acids is 2. The predicted octanol–water partition coefficient (Wildman–Crippen LogP) is 2.42. The number of Topliss-reactive ketones (excluding diaryl/α,β-unsaturated/α-hetero) is 1. The van der Waals surface area contributed by atoms with Gasteiger partial charge in [0.25, 0.3) is 10.4 Å². The molecule has 0 spiro atoms. The van der Waals surface area contributed by atoms with Crippen molar-refractivity contribution in [3.63, 3.8) is 0 Å². The van der Waals surface area contributed by atoms with E-state index >= 15 is 0 Å². The van der Waals surface area contributed by atoms with Crippen LogP contribution in [0.2, 0.25) is 0 Å². The molecular weight excluding hydrogens is 689 g/mol. The van der Waals surface area contributed by atoms with Crippen LogP contribution in [0.5, 0.6) is 0 Å². The normalized spacial score (nSPS) is 19.2. The maximum atomic E-state index is 13.4. The van der Waals surface area contributed by atoms with Gasteiger partial charge in [0.15, 0.2) is 5.78 Å². The van der Waals surface area contributed by atoms with Gasteiger partial charge in [-0.2, -0.15) is 0 Å². The lowest BCUT2D eigenvalue weighted by molar-refractivity contribution is -0.151. The number of halogens is 3. The zero-order valence-corrected chi connectivity index (χ0v) is 26.7. The number of alkyl halides is 3.